The third-order valence-corrected chi connectivity index (χ3v) is 3.40. The van der Waals surface area contributed by atoms with Gasteiger partial charge in [-0.3, -0.25) is 9.36 Å². The molecule has 2 aliphatic carbocycles. The van der Waals surface area contributed by atoms with E-state index in [4.69, 9.17) is 5.11 Å². The summed E-state index contributed by atoms with van der Waals surface area (Å²) in [6.07, 6.45) is 5.65. The highest BCUT2D eigenvalue weighted by atomic mass is 16.4. The van der Waals surface area contributed by atoms with E-state index in [2.05, 4.69) is 4.98 Å². The van der Waals surface area contributed by atoms with Crippen molar-refractivity contribution in [3.05, 3.63) is 27.9 Å². The molecule has 5 nitrogen and oxygen atoms in total. The number of aromatic carboxylic acids is 1. The lowest BCUT2D eigenvalue weighted by atomic mass is 10.1. The summed E-state index contributed by atoms with van der Waals surface area (Å²) in [5.41, 5.74) is -0.0218. The zero-order valence-electron chi connectivity index (χ0n) is 9.43. The van der Waals surface area contributed by atoms with E-state index in [1.165, 1.54) is 10.9 Å². The number of aromatic nitrogens is 2. The Bertz CT molecular complexity index is 527. The van der Waals surface area contributed by atoms with Crippen LogP contribution in [0.15, 0.2) is 11.1 Å². The zero-order chi connectivity index (χ0) is 12.0. The number of hydrogen-bond acceptors (Lipinski definition) is 3. The Hall–Kier alpha value is -1.65. The van der Waals surface area contributed by atoms with Crippen molar-refractivity contribution in [2.24, 2.45) is 5.92 Å². The minimum atomic E-state index is -1.14. The first kappa shape index (κ1) is 10.5. The van der Waals surface area contributed by atoms with Crippen molar-refractivity contribution in [1.29, 1.82) is 0 Å². The highest BCUT2D eigenvalue weighted by Gasteiger charge is 2.32. The fourth-order valence-corrected chi connectivity index (χ4v) is 2.08. The van der Waals surface area contributed by atoms with Gasteiger partial charge in [-0.15, -0.1) is 0 Å². The Morgan fingerprint density at radius 1 is 1.41 bits per heavy atom. The van der Waals surface area contributed by atoms with Gasteiger partial charge in [-0.2, -0.15) is 0 Å². The standard InChI is InChI=1S/C12H14N2O3/c15-11-9(12(16)17)10(8-3-4-8)13-6-14(11)5-7-1-2-7/h6-8H,1-5H2,(H,16,17). The van der Waals surface area contributed by atoms with Crippen LogP contribution in [0.2, 0.25) is 0 Å². The summed E-state index contributed by atoms with van der Waals surface area (Å²) in [6, 6.07) is 0. The fraction of sp³-hybridized carbons (Fsp3) is 0.583. The first-order valence-electron chi connectivity index (χ1n) is 5.99. The number of hydrogen-bond donors (Lipinski definition) is 1. The lowest BCUT2D eigenvalue weighted by Crippen LogP contribution is -2.29. The van der Waals surface area contributed by atoms with E-state index in [1.54, 1.807) is 0 Å². The lowest BCUT2D eigenvalue weighted by Gasteiger charge is -2.08. The molecule has 0 aliphatic heterocycles. The molecule has 0 bridgehead atoms. The SMILES string of the molecule is O=C(O)c1c(C2CC2)ncn(CC2CC2)c1=O. The predicted molar refractivity (Wildman–Crippen MR) is 60.2 cm³/mol. The molecule has 0 amide bonds. The van der Waals surface area contributed by atoms with Gasteiger partial charge in [-0.05, 0) is 31.6 Å². The number of nitrogens with zero attached hydrogens (tertiary/aromatic N) is 2. The monoisotopic (exact) mass is 234 g/mol. The van der Waals surface area contributed by atoms with E-state index in [1.807, 2.05) is 0 Å². The van der Waals surface area contributed by atoms with E-state index >= 15 is 0 Å². The average Bonchev–Trinajstić information content (AvgIpc) is 3.14. The number of carbonyl (C=O) groups is 1. The summed E-state index contributed by atoms with van der Waals surface area (Å²) >= 11 is 0. The second kappa shape index (κ2) is 3.68. The highest BCUT2D eigenvalue weighted by Crippen LogP contribution is 2.39. The Kier molecular flexibility index (Phi) is 2.28. The van der Waals surface area contributed by atoms with Crippen molar-refractivity contribution in [2.75, 3.05) is 0 Å². The molecule has 5 heteroatoms. The van der Waals surface area contributed by atoms with Crippen LogP contribution in [0.5, 0.6) is 0 Å². The third-order valence-electron chi connectivity index (χ3n) is 3.40. The average molecular weight is 234 g/mol. The summed E-state index contributed by atoms with van der Waals surface area (Å²) in [4.78, 5) is 27.4. The van der Waals surface area contributed by atoms with Gasteiger partial charge >= 0.3 is 5.97 Å². The Labute approximate surface area is 98.1 Å². The van der Waals surface area contributed by atoms with E-state index in [0.29, 0.717) is 18.2 Å². The molecule has 0 aromatic carbocycles. The van der Waals surface area contributed by atoms with Crippen LogP contribution < -0.4 is 5.56 Å². The van der Waals surface area contributed by atoms with Gasteiger partial charge in [0.2, 0.25) is 0 Å². The molecule has 0 radical (unpaired) electrons. The lowest BCUT2D eigenvalue weighted by molar-refractivity contribution is 0.0692. The van der Waals surface area contributed by atoms with Crippen molar-refractivity contribution >= 4 is 5.97 Å². The largest absolute Gasteiger partial charge is 0.477 e. The summed E-state index contributed by atoms with van der Waals surface area (Å²) in [5, 5.41) is 9.14. The smallest absolute Gasteiger partial charge is 0.343 e. The molecular formula is C12H14N2O3. The first-order chi connectivity index (χ1) is 8.16. The molecule has 0 unspecified atom stereocenters. The molecule has 2 aliphatic rings. The quantitative estimate of drug-likeness (QED) is 0.850. The summed E-state index contributed by atoms with van der Waals surface area (Å²) in [5.74, 6) is -0.429. The van der Waals surface area contributed by atoms with E-state index in [0.717, 1.165) is 25.7 Å². The van der Waals surface area contributed by atoms with E-state index in [9.17, 15) is 9.59 Å². The molecule has 1 N–H and O–H groups in total. The molecule has 1 heterocycles. The predicted octanol–water partition coefficient (Wildman–Crippen LogP) is 1.23. The summed E-state index contributed by atoms with van der Waals surface area (Å²) in [6.45, 7) is 0.608. The molecule has 3 rings (SSSR count). The topological polar surface area (TPSA) is 72.2 Å². The van der Waals surface area contributed by atoms with Crippen molar-refractivity contribution in [1.82, 2.24) is 9.55 Å². The van der Waals surface area contributed by atoms with Crippen molar-refractivity contribution in [3.8, 4) is 0 Å². The van der Waals surface area contributed by atoms with Crippen molar-refractivity contribution < 1.29 is 9.90 Å². The Morgan fingerprint density at radius 3 is 2.65 bits per heavy atom. The van der Waals surface area contributed by atoms with Crippen molar-refractivity contribution in [2.45, 2.75) is 38.1 Å². The first-order valence-corrected chi connectivity index (χ1v) is 5.99. The van der Waals surface area contributed by atoms with Gasteiger partial charge in [-0.1, -0.05) is 0 Å². The number of carboxylic acid groups (broad SMARTS) is 1. The minimum absolute atomic E-state index is 0.115. The minimum Gasteiger partial charge on any atom is -0.477 e. The number of carboxylic acids is 1. The van der Waals surface area contributed by atoms with Gasteiger partial charge in [0.05, 0.1) is 12.0 Å². The van der Waals surface area contributed by atoms with Crippen LogP contribution in [-0.2, 0) is 6.54 Å². The molecule has 90 valence electrons. The molecule has 1 aromatic heterocycles. The van der Waals surface area contributed by atoms with E-state index < -0.39 is 5.97 Å². The van der Waals surface area contributed by atoms with Gasteiger partial charge in [0.15, 0.2) is 0 Å². The van der Waals surface area contributed by atoms with Crippen molar-refractivity contribution in [3.63, 3.8) is 0 Å². The van der Waals surface area contributed by atoms with Crippen LogP contribution >= 0.6 is 0 Å². The molecule has 2 fully saturated rings. The van der Waals surface area contributed by atoms with Gasteiger partial charge in [0.25, 0.3) is 5.56 Å². The molecule has 0 spiro atoms. The van der Waals surface area contributed by atoms with Crippen LogP contribution in [0.1, 0.15) is 47.7 Å². The van der Waals surface area contributed by atoms with Crippen LogP contribution in [0.4, 0.5) is 0 Å². The normalized spacial score (nSPS) is 19.3. The molecule has 2 saturated carbocycles. The number of rotatable bonds is 4. The van der Waals surface area contributed by atoms with Crippen LogP contribution in [0.3, 0.4) is 0 Å². The second-order valence-electron chi connectivity index (χ2n) is 4.99. The molecule has 0 saturated heterocycles. The molecular weight excluding hydrogens is 220 g/mol. The summed E-state index contributed by atoms with van der Waals surface area (Å²) < 4.78 is 1.45. The molecule has 17 heavy (non-hydrogen) atoms. The zero-order valence-corrected chi connectivity index (χ0v) is 9.43. The van der Waals surface area contributed by atoms with E-state index in [-0.39, 0.29) is 17.0 Å². The third kappa shape index (κ3) is 1.97. The maximum Gasteiger partial charge on any atom is 0.343 e. The Balaban J connectivity index is 2.04. The fourth-order valence-electron chi connectivity index (χ4n) is 2.08. The maximum atomic E-state index is 12.1. The van der Waals surface area contributed by atoms with Crippen LogP contribution in [0.25, 0.3) is 0 Å². The van der Waals surface area contributed by atoms with Crippen LogP contribution in [-0.4, -0.2) is 20.6 Å². The highest BCUT2D eigenvalue weighted by molar-refractivity contribution is 5.88. The maximum absolute atomic E-state index is 12.1. The summed E-state index contributed by atoms with van der Waals surface area (Å²) in [7, 11) is 0. The second-order valence-corrected chi connectivity index (χ2v) is 4.99. The Morgan fingerprint density at radius 2 is 2.12 bits per heavy atom. The van der Waals surface area contributed by atoms with Crippen LogP contribution in [0, 0.1) is 5.92 Å². The van der Waals surface area contributed by atoms with Gasteiger partial charge in [-0.25, -0.2) is 9.78 Å². The van der Waals surface area contributed by atoms with Gasteiger partial charge < -0.3 is 5.11 Å². The molecule has 0 atom stereocenters. The van der Waals surface area contributed by atoms with Gasteiger partial charge in [0, 0.05) is 12.5 Å². The molecule has 1 aromatic rings. The van der Waals surface area contributed by atoms with Gasteiger partial charge in [0.1, 0.15) is 5.56 Å².